The standard InChI is InChI=1S/C25H22F2N6O2/c1-14-11-16(15(2)30-18-6-4-5-17(29-3)21(18)24(34)35)22-19(12-14)31-20(13-28)23(32-22)33-9-7-25(26,27)8-10-33/h4-6,11-12,15,30H,7-10H2,1-2H3,(H,34,35)/t15-/m1/s1. The van der Waals surface area contributed by atoms with Gasteiger partial charge in [0, 0.05) is 37.2 Å². The Morgan fingerprint density at radius 1 is 1.31 bits per heavy atom. The van der Waals surface area contributed by atoms with Crippen LogP contribution in [0.4, 0.5) is 26.0 Å². The summed E-state index contributed by atoms with van der Waals surface area (Å²) < 4.78 is 27.4. The van der Waals surface area contributed by atoms with Crippen molar-refractivity contribution in [3.8, 4) is 6.07 Å². The molecular formula is C25H22F2N6O2. The van der Waals surface area contributed by atoms with Crippen LogP contribution in [0, 0.1) is 24.8 Å². The van der Waals surface area contributed by atoms with E-state index in [0.29, 0.717) is 16.6 Å². The highest BCUT2D eigenvalue weighted by molar-refractivity contribution is 6.00. The van der Waals surface area contributed by atoms with E-state index in [1.165, 1.54) is 6.07 Å². The fourth-order valence-electron chi connectivity index (χ4n) is 4.28. The zero-order valence-electron chi connectivity index (χ0n) is 19.1. The van der Waals surface area contributed by atoms with Gasteiger partial charge < -0.3 is 15.3 Å². The van der Waals surface area contributed by atoms with Crippen LogP contribution in [0.25, 0.3) is 15.9 Å². The highest BCUT2D eigenvalue weighted by Crippen LogP contribution is 2.35. The average Bonchev–Trinajstić information content (AvgIpc) is 2.82. The van der Waals surface area contributed by atoms with Gasteiger partial charge in [-0.05, 0) is 31.5 Å². The molecule has 0 amide bonds. The van der Waals surface area contributed by atoms with Crippen LogP contribution < -0.4 is 10.2 Å². The van der Waals surface area contributed by atoms with Crippen LogP contribution in [0.5, 0.6) is 0 Å². The second-order valence-corrected chi connectivity index (χ2v) is 8.56. The summed E-state index contributed by atoms with van der Waals surface area (Å²) in [5.74, 6) is -3.70. The number of nitrogens with zero attached hydrogens (tertiary/aromatic N) is 5. The number of halogens is 2. The van der Waals surface area contributed by atoms with Crippen LogP contribution in [0.2, 0.25) is 0 Å². The van der Waals surface area contributed by atoms with Gasteiger partial charge >= 0.3 is 5.97 Å². The van der Waals surface area contributed by atoms with Gasteiger partial charge in [-0.15, -0.1) is 0 Å². The first-order chi connectivity index (χ1) is 16.6. The number of aryl methyl sites for hydroxylation is 1. The molecule has 1 saturated heterocycles. The number of anilines is 2. The SMILES string of the molecule is [C-]#[N+]c1cccc(N[C@H](C)c2cc(C)cc3nc(C#N)c(N4CCC(F)(F)CC4)nc23)c1C(=O)O. The highest BCUT2D eigenvalue weighted by atomic mass is 19.3. The number of aromatic carboxylic acids is 1. The van der Waals surface area contributed by atoms with Gasteiger partial charge in [0.15, 0.2) is 11.5 Å². The van der Waals surface area contributed by atoms with Gasteiger partial charge in [-0.2, -0.15) is 5.26 Å². The molecule has 0 spiro atoms. The molecule has 1 aliphatic heterocycles. The Morgan fingerprint density at radius 3 is 2.66 bits per heavy atom. The first-order valence-corrected chi connectivity index (χ1v) is 11.0. The first-order valence-electron chi connectivity index (χ1n) is 11.0. The van der Waals surface area contributed by atoms with Gasteiger partial charge in [-0.3, -0.25) is 0 Å². The predicted molar refractivity (Wildman–Crippen MR) is 127 cm³/mol. The zero-order valence-corrected chi connectivity index (χ0v) is 19.1. The number of piperidine rings is 1. The van der Waals surface area contributed by atoms with Gasteiger partial charge in [0.25, 0.3) is 5.92 Å². The lowest BCUT2D eigenvalue weighted by molar-refractivity contribution is -0.0221. The van der Waals surface area contributed by atoms with Crippen molar-refractivity contribution in [1.29, 1.82) is 5.26 Å². The van der Waals surface area contributed by atoms with Crippen molar-refractivity contribution in [1.82, 2.24) is 9.97 Å². The van der Waals surface area contributed by atoms with Crippen molar-refractivity contribution < 1.29 is 18.7 Å². The van der Waals surface area contributed by atoms with Gasteiger partial charge in [-0.25, -0.2) is 28.4 Å². The summed E-state index contributed by atoms with van der Waals surface area (Å²) in [7, 11) is 0. The molecule has 178 valence electrons. The van der Waals surface area contributed by atoms with E-state index in [-0.39, 0.29) is 54.4 Å². The number of benzene rings is 2. The average molecular weight is 476 g/mol. The largest absolute Gasteiger partial charge is 0.479 e. The normalized spacial score (nSPS) is 15.8. The fourth-order valence-corrected chi connectivity index (χ4v) is 4.28. The van der Waals surface area contributed by atoms with Crippen LogP contribution >= 0.6 is 0 Å². The molecule has 0 aliphatic carbocycles. The molecule has 1 aliphatic rings. The van der Waals surface area contributed by atoms with Crippen molar-refractivity contribution in [3.63, 3.8) is 0 Å². The van der Waals surface area contributed by atoms with E-state index in [2.05, 4.69) is 15.1 Å². The molecule has 1 atom stereocenters. The summed E-state index contributed by atoms with van der Waals surface area (Å²) in [4.78, 5) is 26.0. The monoisotopic (exact) mass is 476 g/mol. The van der Waals surface area contributed by atoms with Gasteiger partial charge in [-0.1, -0.05) is 18.2 Å². The number of nitriles is 1. The highest BCUT2D eigenvalue weighted by Gasteiger charge is 2.35. The van der Waals surface area contributed by atoms with E-state index in [1.54, 1.807) is 23.1 Å². The van der Waals surface area contributed by atoms with Gasteiger partial charge in [0.1, 0.15) is 6.07 Å². The number of nitrogens with one attached hydrogen (secondary N) is 1. The second kappa shape index (κ2) is 9.15. The maximum Gasteiger partial charge on any atom is 0.327 e. The van der Waals surface area contributed by atoms with Crippen molar-refractivity contribution in [3.05, 3.63) is 64.1 Å². The van der Waals surface area contributed by atoms with E-state index in [1.807, 2.05) is 26.0 Å². The molecule has 1 aromatic heterocycles. The maximum atomic E-state index is 13.7. The number of carbonyl (C=O) groups is 1. The van der Waals surface area contributed by atoms with E-state index < -0.39 is 17.9 Å². The number of hydrogen-bond donors (Lipinski definition) is 2. The summed E-state index contributed by atoms with van der Waals surface area (Å²) in [6, 6.07) is 9.89. The second-order valence-electron chi connectivity index (χ2n) is 8.56. The molecule has 4 rings (SSSR count). The third-order valence-electron chi connectivity index (χ3n) is 6.04. The quantitative estimate of drug-likeness (QED) is 0.471. The van der Waals surface area contributed by atoms with E-state index in [9.17, 15) is 23.9 Å². The van der Waals surface area contributed by atoms with E-state index in [0.717, 1.165) is 5.56 Å². The third kappa shape index (κ3) is 4.69. The molecule has 0 bridgehead atoms. The number of carboxylic acid groups (broad SMARTS) is 1. The van der Waals surface area contributed by atoms with Gasteiger partial charge in [0.2, 0.25) is 5.69 Å². The Kier molecular flexibility index (Phi) is 6.23. The number of carboxylic acids is 1. The number of aromatic nitrogens is 2. The topological polar surface area (TPSA) is 107 Å². The lowest BCUT2D eigenvalue weighted by Gasteiger charge is -2.33. The molecule has 1 fully saturated rings. The first kappa shape index (κ1) is 23.8. The molecule has 8 nitrogen and oxygen atoms in total. The molecule has 2 aromatic carbocycles. The Balaban J connectivity index is 1.79. The minimum atomic E-state index is -2.74. The fraction of sp³-hybridized carbons (Fsp3) is 0.320. The van der Waals surface area contributed by atoms with Crippen molar-refractivity contribution in [2.75, 3.05) is 23.3 Å². The van der Waals surface area contributed by atoms with Crippen LogP contribution in [0.15, 0.2) is 30.3 Å². The summed E-state index contributed by atoms with van der Waals surface area (Å²) in [6.07, 6.45) is -0.655. The number of alkyl halides is 2. The summed E-state index contributed by atoms with van der Waals surface area (Å²) in [6.45, 7) is 11.1. The summed E-state index contributed by atoms with van der Waals surface area (Å²) in [5, 5.41) is 22.5. The predicted octanol–water partition coefficient (Wildman–Crippen LogP) is 5.47. The molecule has 2 heterocycles. The van der Waals surface area contributed by atoms with Crippen LogP contribution in [0.1, 0.15) is 53.0 Å². The molecule has 35 heavy (non-hydrogen) atoms. The van der Waals surface area contributed by atoms with Crippen LogP contribution in [-0.4, -0.2) is 40.1 Å². The Morgan fingerprint density at radius 2 is 2.03 bits per heavy atom. The molecule has 3 aromatic rings. The Bertz CT molecular complexity index is 1400. The minimum Gasteiger partial charge on any atom is -0.479 e. The minimum absolute atomic E-state index is 0.0199. The maximum absolute atomic E-state index is 13.7. The smallest absolute Gasteiger partial charge is 0.327 e. The lowest BCUT2D eigenvalue weighted by atomic mass is 10.0. The number of fused-ring (bicyclic) bond motifs is 1. The summed E-state index contributed by atoms with van der Waals surface area (Å²) in [5.41, 5.74) is 2.77. The van der Waals surface area contributed by atoms with Crippen molar-refractivity contribution in [2.24, 2.45) is 0 Å². The van der Waals surface area contributed by atoms with Crippen LogP contribution in [0.3, 0.4) is 0 Å². The molecule has 0 radical (unpaired) electrons. The number of hydrogen-bond acceptors (Lipinski definition) is 6. The lowest BCUT2D eigenvalue weighted by Crippen LogP contribution is -2.40. The molecular weight excluding hydrogens is 454 g/mol. The van der Waals surface area contributed by atoms with Crippen molar-refractivity contribution in [2.45, 2.75) is 38.7 Å². The third-order valence-corrected chi connectivity index (χ3v) is 6.04. The molecule has 0 saturated carbocycles. The van der Waals surface area contributed by atoms with Gasteiger partial charge in [0.05, 0.1) is 29.2 Å². The summed E-state index contributed by atoms with van der Waals surface area (Å²) >= 11 is 0. The molecule has 10 heteroatoms. The zero-order chi connectivity index (χ0) is 25.3. The van der Waals surface area contributed by atoms with E-state index in [4.69, 9.17) is 11.6 Å². The van der Waals surface area contributed by atoms with E-state index >= 15 is 0 Å². The molecule has 2 N–H and O–H groups in total. The molecule has 0 unspecified atom stereocenters. The Labute approximate surface area is 200 Å². The Hall–Kier alpha value is -4.31. The van der Waals surface area contributed by atoms with Crippen LogP contribution in [-0.2, 0) is 0 Å². The number of rotatable bonds is 5. The van der Waals surface area contributed by atoms with Crippen molar-refractivity contribution >= 4 is 34.2 Å².